The molecule has 2 aromatic carbocycles. The van der Waals surface area contributed by atoms with Crippen molar-refractivity contribution in [2.24, 2.45) is 0 Å². The molecular weight excluding hydrogens is 400 g/mol. The van der Waals surface area contributed by atoms with E-state index in [9.17, 15) is 9.59 Å². The number of hydrogen-bond acceptors (Lipinski definition) is 4. The van der Waals surface area contributed by atoms with Gasteiger partial charge in [-0.25, -0.2) is 4.98 Å². The maximum Gasteiger partial charge on any atom is 0.262 e. The number of carbonyl (C=O) groups is 1. The van der Waals surface area contributed by atoms with Gasteiger partial charge in [0.25, 0.3) is 5.56 Å². The number of Topliss-reactive ketones (excluding diaryl/α,β-unsaturated/α-hetero) is 1. The molecule has 1 heterocycles. The first-order valence-corrected chi connectivity index (χ1v) is 9.84. The topological polar surface area (TPSA) is 52.0 Å². The summed E-state index contributed by atoms with van der Waals surface area (Å²) >= 11 is 4.71. The number of carbonyl (C=O) groups excluding carboxylic acids is 1. The van der Waals surface area contributed by atoms with Crippen LogP contribution in [0.15, 0.2) is 63.0 Å². The van der Waals surface area contributed by atoms with Gasteiger partial charge in [-0.1, -0.05) is 52.0 Å². The molecule has 1 aliphatic carbocycles. The van der Waals surface area contributed by atoms with E-state index in [1.54, 1.807) is 16.7 Å². The first-order valence-electron chi connectivity index (χ1n) is 8.06. The molecule has 0 N–H and O–H groups in total. The molecule has 3 aromatic rings. The van der Waals surface area contributed by atoms with Gasteiger partial charge in [0, 0.05) is 16.1 Å². The molecule has 0 aliphatic heterocycles. The third-order valence-corrected chi connectivity index (χ3v) is 5.67. The summed E-state index contributed by atoms with van der Waals surface area (Å²) in [5.41, 5.74) is 1.34. The second-order valence-electron chi connectivity index (χ2n) is 6.04. The zero-order valence-corrected chi connectivity index (χ0v) is 15.7. The lowest BCUT2D eigenvalue weighted by atomic mass is 10.2. The molecule has 126 valence electrons. The molecule has 0 saturated heterocycles. The normalized spacial score (nSPS) is 14.0. The summed E-state index contributed by atoms with van der Waals surface area (Å²) in [6, 6.07) is 14.9. The Balaban J connectivity index is 1.64. The Labute approximate surface area is 157 Å². The summed E-state index contributed by atoms with van der Waals surface area (Å²) in [6.45, 7) is 0. The molecule has 0 bridgehead atoms. The van der Waals surface area contributed by atoms with Gasteiger partial charge in [0.1, 0.15) is 0 Å². The molecule has 1 aromatic heterocycles. The highest BCUT2D eigenvalue weighted by molar-refractivity contribution is 9.10. The van der Waals surface area contributed by atoms with Crippen LogP contribution in [0, 0.1) is 0 Å². The molecule has 4 nitrogen and oxygen atoms in total. The Morgan fingerprint density at radius 1 is 1.16 bits per heavy atom. The number of thioether (sulfide) groups is 1. The monoisotopic (exact) mass is 414 g/mol. The standard InChI is InChI=1S/C19H15BrN2O2S/c20-13-7-5-12(6-8-13)17(23)11-25-19-21-16-4-2-1-3-15(16)18(24)22(19)14-9-10-14/h1-8,14H,9-11H2. The second-order valence-corrected chi connectivity index (χ2v) is 7.89. The lowest BCUT2D eigenvalue weighted by Gasteiger charge is -2.12. The van der Waals surface area contributed by atoms with E-state index in [-0.39, 0.29) is 23.1 Å². The van der Waals surface area contributed by atoms with Crippen LogP contribution in [0.5, 0.6) is 0 Å². The van der Waals surface area contributed by atoms with E-state index < -0.39 is 0 Å². The van der Waals surface area contributed by atoms with Crippen LogP contribution >= 0.6 is 27.7 Å². The van der Waals surface area contributed by atoms with Crippen molar-refractivity contribution in [1.82, 2.24) is 9.55 Å². The molecule has 1 aliphatic rings. The van der Waals surface area contributed by atoms with E-state index >= 15 is 0 Å². The first-order chi connectivity index (χ1) is 12.1. The van der Waals surface area contributed by atoms with Crippen LogP contribution in [-0.2, 0) is 0 Å². The SMILES string of the molecule is O=C(CSc1nc2ccccc2c(=O)n1C1CC1)c1ccc(Br)cc1. The lowest BCUT2D eigenvalue weighted by Crippen LogP contribution is -2.22. The van der Waals surface area contributed by atoms with Gasteiger partial charge < -0.3 is 0 Å². The zero-order chi connectivity index (χ0) is 17.4. The molecule has 0 spiro atoms. The molecule has 0 amide bonds. The summed E-state index contributed by atoms with van der Waals surface area (Å²) in [4.78, 5) is 29.9. The average molecular weight is 415 g/mol. The fraction of sp³-hybridized carbons (Fsp3) is 0.211. The quantitative estimate of drug-likeness (QED) is 0.351. The van der Waals surface area contributed by atoms with Crippen molar-refractivity contribution in [2.75, 3.05) is 5.75 Å². The van der Waals surface area contributed by atoms with Gasteiger partial charge in [-0.15, -0.1) is 0 Å². The van der Waals surface area contributed by atoms with Crippen molar-refractivity contribution in [3.8, 4) is 0 Å². The fourth-order valence-corrected chi connectivity index (χ4v) is 3.96. The molecule has 1 fully saturated rings. The summed E-state index contributed by atoms with van der Waals surface area (Å²) < 4.78 is 2.71. The predicted octanol–water partition coefficient (Wildman–Crippen LogP) is 4.47. The number of aromatic nitrogens is 2. The van der Waals surface area contributed by atoms with Gasteiger partial charge in [-0.05, 0) is 37.1 Å². The number of rotatable bonds is 5. The summed E-state index contributed by atoms with van der Waals surface area (Å²) in [7, 11) is 0. The van der Waals surface area contributed by atoms with Crippen LogP contribution < -0.4 is 5.56 Å². The number of benzene rings is 2. The summed E-state index contributed by atoms with van der Waals surface area (Å²) in [5, 5.41) is 1.27. The van der Waals surface area contributed by atoms with E-state index in [0.29, 0.717) is 21.6 Å². The largest absolute Gasteiger partial charge is 0.293 e. The summed E-state index contributed by atoms with van der Waals surface area (Å²) in [6.07, 6.45) is 1.99. The van der Waals surface area contributed by atoms with Gasteiger partial charge >= 0.3 is 0 Å². The minimum absolute atomic E-state index is 0.00769. The Morgan fingerprint density at radius 3 is 2.60 bits per heavy atom. The number of para-hydroxylation sites is 1. The zero-order valence-electron chi connectivity index (χ0n) is 13.3. The first kappa shape index (κ1) is 16.5. The Hall–Kier alpha value is -1.92. The van der Waals surface area contributed by atoms with Gasteiger partial charge in [-0.2, -0.15) is 0 Å². The van der Waals surface area contributed by atoms with E-state index in [0.717, 1.165) is 17.3 Å². The van der Waals surface area contributed by atoms with Gasteiger partial charge in [0.2, 0.25) is 0 Å². The number of fused-ring (bicyclic) bond motifs is 1. The summed E-state index contributed by atoms with van der Waals surface area (Å²) in [5.74, 6) is 0.293. The molecule has 25 heavy (non-hydrogen) atoms. The number of nitrogens with zero attached hydrogens (tertiary/aromatic N) is 2. The van der Waals surface area contributed by atoms with Crippen LogP contribution in [0.25, 0.3) is 10.9 Å². The minimum Gasteiger partial charge on any atom is -0.293 e. The van der Waals surface area contributed by atoms with E-state index in [4.69, 9.17) is 0 Å². The van der Waals surface area contributed by atoms with Crippen LogP contribution in [0.4, 0.5) is 0 Å². The lowest BCUT2D eigenvalue weighted by molar-refractivity contribution is 0.102. The smallest absolute Gasteiger partial charge is 0.262 e. The highest BCUT2D eigenvalue weighted by Crippen LogP contribution is 2.36. The third kappa shape index (κ3) is 3.41. The number of halogens is 1. The van der Waals surface area contributed by atoms with Crippen LogP contribution in [0.3, 0.4) is 0 Å². The third-order valence-electron chi connectivity index (χ3n) is 4.19. The molecule has 0 unspecified atom stereocenters. The van der Waals surface area contributed by atoms with Crippen molar-refractivity contribution in [3.63, 3.8) is 0 Å². The molecular formula is C19H15BrN2O2S. The van der Waals surface area contributed by atoms with Gasteiger partial charge in [0.15, 0.2) is 10.9 Å². The molecule has 0 radical (unpaired) electrons. The molecule has 4 rings (SSSR count). The van der Waals surface area contributed by atoms with E-state index in [1.165, 1.54) is 11.8 Å². The minimum atomic E-state index is -0.00769. The Kier molecular flexibility index (Phi) is 4.48. The van der Waals surface area contributed by atoms with E-state index in [2.05, 4.69) is 20.9 Å². The van der Waals surface area contributed by atoms with Gasteiger partial charge in [-0.3, -0.25) is 14.2 Å². The van der Waals surface area contributed by atoms with Crippen molar-refractivity contribution < 1.29 is 4.79 Å². The van der Waals surface area contributed by atoms with Crippen molar-refractivity contribution in [3.05, 3.63) is 68.9 Å². The van der Waals surface area contributed by atoms with Crippen LogP contribution in [-0.4, -0.2) is 21.1 Å². The number of hydrogen-bond donors (Lipinski definition) is 0. The van der Waals surface area contributed by atoms with Crippen molar-refractivity contribution >= 4 is 44.4 Å². The highest BCUT2D eigenvalue weighted by atomic mass is 79.9. The maximum absolute atomic E-state index is 12.8. The molecule has 1 saturated carbocycles. The second kappa shape index (κ2) is 6.77. The van der Waals surface area contributed by atoms with Crippen LogP contribution in [0.1, 0.15) is 29.2 Å². The van der Waals surface area contributed by atoms with Crippen molar-refractivity contribution in [2.45, 2.75) is 24.0 Å². The number of ketones is 1. The average Bonchev–Trinajstić information content (AvgIpc) is 3.45. The Bertz CT molecular complexity index is 1010. The maximum atomic E-state index is 12.8. The fourth-order valence-electron chi connectivity index (χ4n) is 2.73. The highest BCUT2D eigenvalue weighted by Gasteiger charge is 2.28. The van der Waals surface area contributed by atoms with Crippen LogP contribution in [0.2, 0.25) is 0 Å². The van der Waals surface area contributed by atoms with E-state index in [1.807, 2.05) is 36.4 Å². The predicted molar refractivity (Wildman–Crippen MR) is 103 cm³/mol. The van der Waals surface area contributed by atoms with Crippen molar-refractivity contribution in [1.29, 1.82) is 0 Å². The van der Waals surface area contributed by atoms with Gasteiger partial charge in [0.05, 0.1) is 16.7 Å². The Morgan fingerprint density at radius 2 is 1.88 bits per heavy atom. The molecule has 6 heteroatoms. The molecule has 0 atom stereocenters.